The van der Waals surface area contributed by atoms with Crippen molar-refractivity contribution >= 4 is 16.8 Å². The zero-order valence-electron chi connectivity index (χ0n) is 10.6. The molecule has 100 valence electrons. The first-order valence-corrected chi connectivity index (χ1v) is 7.25. The van der Waals surface area contributed by atoms with Gasteiger partial charge in [-0.25, -0.2) is 0 Å². The average Bonchev–Trinajstić information content (AvgIpc) is 2.28. The molecule has 3 unspecified atom stereocenters. The van der Waals surface area contributed by atoms with E-state index in [4.69, 9.17) is 9.84 Å². The van der Waals surface area contributed by atoms with Crippen LogP contribution in [0.25, 0.3) is 0 Å². The van der Waals surface area contributed by atoms with E-state index in [2.05, 4.69) is 18.7 Å². The molecule has 1 aliphatic rings. The molecule has 1 fully saturated rings. The van der Waals surface area contributed by atoms with Crippen LogP contribution in [0, 0.1) is 0 Å². The summed E-state index contributed by atoms with van der Waals surface area (Å²) in [5.74, 6) is -0.712. The van der Waals surface area contributed by atoms with Gasteiger partial charge in [-0.05, 0) is 20.8 Å². The van der Waals surface area contributed by atoms with Crippen molar-refractivity contribution in [2.75, 3.05) is 25.4 Å². The lowest BCUT2D eigenvalue weighted by molar-refractivity contribution is -0.136. The Bertz CT molecular complexity index is 295. The molecule has 0 aromatic rings. The van der Waals surface area contributed by atoms with Gasteiger partial charge in [0.05, 0.1) is 18.5 Å². The summed E-state index contributed by atoms with van der Waals surface area (Å²) >= 11 is 0. The first kappa shape index (κ1) is 14.6. The van der Waals surface area contributed by atoms with Gasteiger partial charge in [-0.3, -0.25) is 13.9 Å². The van der Waals surface area contributed by atoms with E-state index in [1.54, 1.807) is 0 Å². The fourth-order valence-corrected chi connectivity index (χ4v) is 2.83. The molecule has 0 amide bonds. The molecule has 17 heavy (non-hydrogen) atoms. The van der Waals surface area contributed by atoms with E-state index in [1.807, 2.05) is 0 Å². The van der Waals surface area contributed by atoms with Crippen LogP contribution in [0.4, 0.5) is 0 Å². The van der Waals surface area contributed by atoms with Gasteiger partial charge in [0.25, 0.3) is 0 Å². The van der Waals surface area contributed by atoms with Crippen molar-refractivity contribution in [3.05, 3.63) is 0 Å². The van der Waals surface area contributed by atoms with Crippen molar-refractivity contribution < 1.29 is 18.8 Å². The molecule has 0 saturated carbocycles. The van der Waals surface area contributed by atoms with Gasteiger partial charge in [0, 0.05) is 29.9 Å². The lowest BCUT2D eigenvalue weighted by Gasteiger charge is -2.35. The number of hydrogen-bond acceptors (Lipinski definition) is 4. The number of nitrogens with zero attached hydrogens (tertiary/aromatic N) is 1. The highest BCUT2D eigenvalue weighted by atomic mass is 32.2. The average molecular weight is 263 g/mol. The Labute approximate surface area is 105 Å². The highest BCUT2D eigenvalue weighted by Gasteiger charge is 2.27. The van der Waals surface area contributed by atoms with E-state index in [0.717, 1.165) is 13.1 Å². The van der Waals surface area contributed by atoms with Crippen molar-refractivity contribution in [2.24, 2.45) is 0 Å². The van der Waals surface area contributed by atoms with Crippen LogP contribution in [0.15, 0.2) is 0 Å². The second kappa shape index (κ2) is 6.47. The lowest BCUT2D eigenvalue weighted by Crippen LogP contribution is -2.48. The van der Waals surface area contributed by atoms with Gasteiger partial charge in [0.15, 0.2) is 0 Å². The molecular weight excluding hydrogens is 242 g/mol. The molecule has 0 aromatic carbocycles. The van der Waals surface area contributed by atoms with Gasteiger partial charge in [-0.2, -0.15) is 0 Å². The van der Waals surface area contributed by atoms with Gasteiger partial charge in [0.1, 0.15) is 5.25 Å². The van der Waals surface area contributed by atoms with E-state index in [0.29, 0.717) is 18.4 Å². The zero-order chi connectivity index (χ0) is 13.0. The third kappa shape index (κ3) is 4.37. The van der Waals surface area contributed by atoms with Gasteiger partial charge >= 0.3 is 5.97 Å². The quantitative estimate of drug-likeness (QED) is 0.773. The Hall–Kier alpha value is -0.460. The second-order valence-corrected chi connectivity index (χ2v) is 6.41. The minimum atomic E-state index is -1.37. The molecule has 0 spiro atoms. The van der Waals surface area contributed by atoms with Crippen molar-refractivity contribution in [3.8, 4) is 0 Å². The molecule has 1 N–H and O–H groups in total. The second-order valence-electron chi connectivity index (χ2n) is 4.61. The molecule has 1 saturated heterocycles. The summed E-state index contributed by atoms with van der Waals surface area (Å²) in [6, 6.07) is 0.437. The summed E-state index contributed by atoms with van der Waals surface area (Å²) < 4.78 is 17.3. The standard InChI is InChI=1S/C11H21NO4S/c1-8(2)12-4-5-16-10(6-12)7-17(15)9(3)11(13)14/h8-10H,4-7H2,1-3H3,(H,13,14). The molecule has 0 aromatic heterocycles. The minimum absolute atomic E-state index is 0.117. The highest BCUT2D eigenvalue weighted by Crippen LogP contribution is 2.11. The zero-order valence-corrected chi connectivity index (χ0v) is 11.4. The first-order chi connectivity index (χ1) is 7.91. The van der Waals surface area contributed by atoms with Crippen molar-refractivity contribution in [1.29, 1.82) is 0 Å². The van der Waals surface area contributed by atoms with Crippen molar-refractivity contribution in [3.63, 3.8) is 0 Å². The molecule has 0 radical (unpaired) electrons. The monoisotopic (exact) mass is 263 g/mol. The van der Waals surface area contributed by atoms with Crippen molar-refractivity contribution in [2.45, 2.75) is 38.2 Å². The Morgan fingerprint density at radius 3 is 2.71 bits per heavy atom. The van der Waals surface area contributed by atoms with Gasteiger partial charge in [0.2, 0.25) is 0 Å². The number of carboxylic acid groups (broad SMARTS) is 1. The smallest absolute Gasteiger partial charge is 0.318 e. The van der Waals surface area contributed by atoms with E-state index >= 15 is 0 Å². The number of rotatable bonds is 5. The fraction of sp³-hybridized carbons (Fsp3) is 0.909. The maximum atomic E-state index is 11.8. The Morgan fingerprint density at radius 1 is 1.53 bits per heavy atom. The van der Waals surface area contributed by atoms with E-state index in [1.165, 1.54) is 6.92 Å². The molecule has 0 aliphatic carbocycles. The maximum Gasteiger partial charge on any atom is 0.318 e. The third-order valence-electron chi connectivity index (χ3n) is 2.99. The molecule has 5 nitrogen and oxygen atoms in total. The van der Waals surface area contributed by atoms with Crippen LogP contribution in [0.2, 0.25) is 0 Å². The summed E-state index contributed by atoms with van der Waals surface area (Å²) in [6.45, 7) is 7.94. The van der Waals surface area contributed by atoms with E-state index < -0.39 is 22.0 Å². The summed E-state index contributed by atoms with van der Waals surface area (Å²) in [5.41, 5.74) is 0. The molecule has 1 rings (SSSR count). The number of morpholine rings is 1. The fourth-order valence-electron chi connectivity index (χ4n) is 1.75. The van der Waals surface area contributed by atoms with Crippen LogP contribution in [0.3, 0.4) is 0 Å². The Balaban J connectivity index is 2.46. The predicted octanol–water partition coefficient (Wildman–Crippen LogP) is 0.317. The van der Waals surface area contributed by atoms with Gasteiger partial charge in [-0.15, -0.1) is 0 Å². The third-order valence-corrected chi connectivity index (χ3v) is 4.68. The number of carbonyl (C=O) groups is 1. The Morgan fingerprint density at radius 2 is 2.18 bits per heavy atom. The summed E-state index contributed by atoms with van der Waals surface area (Å²) in [6.07, 6.45) is -0.117. The van der Waals surface area contributed by atoms with Gasteiger partial charge in [-0.1, -0.05) is 0 Å². The normalized spacial score (nSPS) is 25.8. The first-order valence-electron chi connectivity index (χ1n) is 5.87. The summed E-state index contributed by atoms with van der Waals surface area (Å²) in [4.78, 5) is 13.0. The van der Waals surface area contributed by atoms with Crippen LogP contribution in [-0.4, -0.2) is 63.0 Å². The SMILES string of the molecule is CC(C)N1CCOC(CS(=O)C(C)C(=O)O)C1. The molecule has 6 heteroatoms. The summed E-state index contributed by atoms with van der Waals surface area (Å²) in [5, 5.41) is 7.95. The Kier molecular flexibility index (Phi) is 5.55. The molecule has 1 heterocycles. The number of hydrogen-bond donors (Lipinski definition) is 1. The topological polar surface area (TPSA) is 66.8 Å². The predicted molar refractivity (Wildman–Crippen MR) is 66.6 cm³/mol. The van der Waals surface area contributed by atoms with Crippen molar-refractivity contribution in [1.82, 2.24) is 4.90 Å². The van der Waals surface area contributed by atoms with Crippen LogP contribution in [-0.2, 0) is 20.3 Å². The number of aliphatic carboxylic acids is 1. The largest absolute Gasteiger partial charge is 0.480 e. The molecule has 0 bridgehead atoms. The van der Waals surface area contributed by atoms with E-state index in [-0.39, 0.29) is 6.10 Å². The number of carboxylic acids is 1. The molecular formula is C11H21NO4S. The molecule has 1 aliphatic heterocycles. The molecule has 3 atom stereocenters. The van der Waals surface area contributed by atoms with Crippen LogP contribution >= 0.6 is 0 Å². The highest BCUT2D eigenvalue weighted by molar-refractivity contribution is 7.86. The van der Waals surface area contributed by atoms with E-state index in [9.17, 15) is 9.00 Å². The van der Waals surface area contributed by atoms with Gasteiger partial charge < -0.3 is 9.84 Å². The van der Waals surface area contributed by atoms with Crippen LogP contribution in [0.1, 0.15) is 20.8 Å². The lowest BCUT2D eigenvalue weighted by atomic mass is 10.2. The minimum Gasteiger partial charge on any atom is -0.480 e. The van der Waals surface area contributed by atoms with Crippen LogP contribution in [0.5, 0.6) is 0 Å². The maximum absolute atomic E-state index is 11.8. The van der Waals surface area contributed by atoms with Crippen LogP contribution < -0.4 is 0 Å². The summed E-state index contributed by atoms with van der Waals surface area (Å²) in [7, 11) is -1.37. The number of ether oxygens (including phenoxy) is 1.